The minimum absolute atomic E-state index is 0.125. The van der Waals surface area contributed by atoms with Crippen LogP contribution in [-0.2, 0) is 0 Å². The van der Waals surface area contributed by atoms with E-state index in [1.165, 1.54) is 0 Å². The van der Waals surface area contributed by atoms with Gasteiger partial charge in [0.15, 0.2) is 0 Å². The minimum atomic E-state index is -0.487. The second-order valence-electron chi connectivity index (χ2n) is 2.90. The Labute approximate surface area is 60.6 Å². The van der Waals surface area contributed by atoms with Gasteiger partial charge in [0, 0.05) is 11.7 Å². The van der Waals surface area contributed by atoms with Crippen molar-refractivity contribution in [3.63, 3.8) is 0 Å². The highest BCUT2D eigenvalue weighted by Crippen LogP contribution is 2.14. The Balaban J connectivity index is 2.88. The molecule has 0 saturated carbocycles. The molecule has 0 radical (unpaired) electrons. The van der Waals surface area contributed by atoms with E-state index in [9.17, 15) is 0 Å². The molecule has 0 aromatic carbocycles. The smallest absolute Gasteiger partial charge is 0.0523 e. The summed E-state index contributed by atoms with van der Waals surface area (Å²) in [7, 11) is 0. The van der Waals surface area contributed by atoms with Crippen molar-refractivity contribution in [1.82, 2.24) is 0 Å². The van der Waals surface area contributed by atoms with E-state index in [-0.39, 0.29) is 6.04 Å². The molecule has 0 saturated heterocycles. The zero-order valence-corrected chi connectivity index (χ0v) is 6.04. The second-order valence-corrected chi connectivity index (χ2v) is 2.90. The van der Waals surface area contributed by atoms with Gasteiger partial charge in [0.25, 0.3) is 0 Å². The van der Waals surface area contributed by atoms with E-state index >= 15 is 0 Å². The van der Waals surface area contributed by atoms with Gasteiger partial charge in [0.2, 0.25) is 0 Å². The van der Waals surface area contributed by atoms with Crippen LogP contribution in [0.3, 0.4) is 0 Å². The lowest BCUT2D eigenvalue weighted by Crippen LogP contribution is -2.52. The Morgan fingerprint density at radius 2 is 2.20 bits per heavy atom. The highest BCUT2D eigenvalue weighted by molar-refractivity contribution is 5.30. The maximum absolute atomic E-state index is 5.78. The van der Waals surface area contributed by atoms with Crippen molar-refractivity contribution in [2.24, 2.45) is 17.2 Å². The Morgan fingerprint density at radius 3 is 2.60 bits per heavy atom. The standard InChI is InChI=1S/C7H13N3/c1-7(10)4-5(8)2-3-6(7)9/h2-4,6H,8-10H2,1H3. The van der Waals surface area contributed by atoms with Crippen molar-refractivity contribution in [3.05, 3.63) is 23.9 Å². The number of allylic oxidation sites excluding steroid dienone is 1. The first-order valence-electron chi connectivity index (χ1n) is 3.23. The first-order valence-corrected chi connectivity index (χ1v) is 3.23. The van der Waals surface area contributed by atoms with Crippen molar-refractivity contribution in [2.75, 3.05) is 0 Å². The molecule has 6 N–H and O–H groups in total. The first-order chi connectivity index (χ1) is 4.52. The topological polar surface area (TPSA) is 78.1 Å². The fourth-order valence-corrected chi connectivity index (χ4v) is 0.926. The van der Waals surface area contributed by atoms with Gasteiger partial charge >= 0.3 is 0 Å². The molecule has 1 aliphatic rings. The van der Waals surface area contributed by atoms with E-state index in [4.69, 9.17) is 17.2 Å². The highest BCUT2D eigenvalue weighted by Gasteiger charge is 2.24. The van der Waals surface area contributed by atoms with Crippen molar-refractivity contribution >= 4 is 0 Å². The molecule has 56 valence electrons. The lowest BCUT2D eigenvalue weighted by molar-refractivity contribution is 0.511. The van der Waals surface area contributed by atoms with Gasteiger partial charge in [-0.3, -0.25) is 0 Å². The fourth-order valence-electron chi connectivity index (χ4n) is 0.926. The van der Waals surface area contributed by atoms with Gasteiger partial charge in [0.05, 0.1) is 5.54 Å². The second kappa shape index (κ2) is 2.11. The van der Waals surface area contributed by atoms with Crippen LogP contribution in [0.2, 0.25) is 0 Å². The fraction of sp³-hybridized carbons (Fsp3) is 0.429. The zero-order valence-electron chi connectivity index (χ0n) is 6.04. The minimum Gasteiger partial charge on any atom is -0.399 e. The molecule has 1 aliphatic carbocycles. The van der Waals surface area contributed by atoms with E-state index in [1.807, 2.05) is 13.0 Å². The number of rotatable bonds is 0. The summed E-state index contributed by atoms with van der Waals surface area (Å²) < 4.78 is 0. The summed E-state index contributed by atoms with van der Waals surface area (Å²) >= 11 is 0. The van der Waals surface area contributed by atoms with Crippen molar-refractivity contribution < 1.29 is 0 Å². The van der Waals surface area contributed by atoms with Gasteiger partial charge in [-0.2, -0.15) is 0 Å². The van der Waals surface area contributed by atoms with Crippen LogP contribution in [0.25, 0.3) is 0 Å². The van der Waals surface area contributed by atoms with Gasteiger partial charge in [-0.05, 0) is 19.1 Å². The van der Waals surface area contributed by atoms with Gasteiger partial charge in [-0.1, -0.05) is 6.08 Å². The van der Waals surface area contributed by atoms with Gasteiger partial charge in [0.1, 0.15) is 0 Å². The van der Waals surface area contributed by atoms with Gasteiger partial charge in [-0.25, -0.2) is 0 Å². The van der Waals surface area contributed by atoms with Crippen molar-refractivity contribution in [1.29, 1.82) is 0 Å². The highest BCUT2D eigenvalue weighted by atomic mass is 14.8. The van der Waals surface area contributed by atoms with Gasteiger partial charge in [-0.15, -0.1) is 0 Å². The number of nitrogens with two attached hydrogens (primary N) is 3. The summed E-state index contributed by atoms with van der Waals surface area (Å²) in [5.41, 5.74) is 17.2. The summed E-state index contributed by atoms with van der Waals surface area (Å²) in [6, 6.07) is -0.125. The maximum atomic E-state index is 5.78. The summed E-state index contributed by atoms with van der Waals surface area (Å²) in [5.74, 6) is 0. The Bertz CT molecular complexity index is 191. The zero-order chi connectivity index (χ0) is 7.78. The quantitative estimate of drug-likeness (QED) is 0.421. The van der Waals surface area contributed by atoms with Crippen LogP contribution in [-0.4, -0.2) is 11.6 Å². The van der Waals surface area contributed by atoms with Crippen molar-refractivity contribution in [2.45, 2.75) is 18.5 Å². The molecular weight excluding hydrogens is 126 g/mol. The van der Waals surface area contributed by atoms with Crippen LogP contribution in [0.1, 0.15) is 6.92 Å². The third-order valence-electron chi connectivity index (χ3n) is 1.69. The van der Waals surface area contributed by atoms with Gasteiger partial charge < -0.3 is 17.2 Å². The Hall–Kier alpha value is -0.800. The molecule has 3 nitrogen and oxygen atoms in total. The Morgan fingerprint density at radius 1 is 1.60 bits per heavy atom. The van der Waals surface area contributed by atoms with Crippen LogP contribution in [0.4, 0.5) is 0 Å². The van der Waals surface area contributed by atoms with E-state index in [1.54, 1.807) is 12.2 Å². The SMILES string of the molecule is CC1(N)C=C(N)C=CC1N. The molecule has 0 aromatic heterocycles. The lowest BCUT2D eigenvalue weighted by atomic mass is 9.89. The third kappa shape index (κ3) is 1.20. The molecule has 3 heteroatoms. The van der Waals surface area contributed by atoms with Crippen LogP contribution in [0, 0.1) is 0 Å². The summed E-state index contributed by atoms with van der Waals surface area (Å²) in [6.45, 7) is 1.86. The molecule has 2 unspecified atom stereocenters. The molecule has 1 rings (SSSR count). The first kappa shape index (κ1) is 7.31. The van der Waals surface area contributed by atoms with E-state index in [0.717, 1.165) is 0 Å². The van der Waals surface area contributed by atoms with E-state index in [0.29, 0.717) is 5.70 Å². The molecule has 2 atom stereocenters. The van der Waals surface area contributed by atoms with Crippen molar-refractivity contribution in [3.8, 4) is 0 Å². The molecule has 0 aliphatic heterocycles. The number of hydrogen-bond donors (Lipinski definition) is 3. The van der Waals surface area contributed by atoms with Crippen LogP contribution >= 0.6 is 0 Å². The molecule has 0 bridgehead atoms. The molecule has 0 amide bonds. The third-order valence-corrected chi connectivity index (χ3v) is 1.69. The summed E-state index contributed by atoms with van der Waals surface area (Å²) in [5, 5.41) is 0. The largest absolute Gasteiger partial charge is 0.399 e. The maximum Gasteiger partial charge on any atom is 0.0523 e. The van der Waals surface area contributed by atoms with E-state index < -0.39 is 5.54 Å². The van der Waals surface area contributed by atoms with Crippen LogP contribution < -0.4 is 17.2 Å². The normalized spacial score (nSPS) is 39.5. The molecule has 0 aromatic rings. The summed E-state index contributed by atoms with van der Waals surface area (Å²) in [4.78, 5) is 0. The van der Waals surface area contributed by atoms with Crippen LogP contribution in [0.5, 0.6) is 0 Å². The lowest BCUT2D eigenvalue weighted by Gasteiger charge is -2.28. The predicted octanol–water partition coefficient (Wildman–Crippen LogP) is -0.556. The van der Waals surface area contributed by atoms with Crippen LogP contribution in [0.15, 0.2) is 23.9 Å². The number of hydrogen-bond acceptors (Lipinski definition) is 3. The average Bonchev–Trinajstić information content (AvgIpc) is 1.78. The summed E-state index contributed by atoms with van der Waals surface area (Å²) in [6.07, 6.45) is 5.37. The molecular formula is C7H13N3. The molecule has 0 heterocycles. The predicted molar refractivity (Wildman–Crippen MR) is 42.0 cm³/mol. The Kier molecular flexibility index (Phi) is 1.54. The monoisotopic (exact) mass is 139 g/mol. The molecule has 0 fully saturated rings. The molecule has 10 heavy (non-hydrogen) atoms. The average molecular weight is 139 g/mol. The molecule has 0 spiro atoms. The van der Waals surface area contributed by atoms with E-state index in [2.05, 4.69) is 0 Å².